The van der Waals surface area contributed by atoms with Gasteiger partial charge in [0.1, 0.15) is 11.9 Å². The van der Waals surface area contributed by atoms with Gasteiger partial charge in [-0.2, -0.15) is 0 Å². The molecule has 0 aromatic heterocycles. The second kappa shape index (κ2) is 6.45. The number of hydrogen-bond acceptors (Lipinski definition) is 6. The van der Waals surface area contributed by atoms with Crippen LogP contribution in [0.5, 0.6) is 5.75 Å². The molecule has 2 aliphatic carbocycles. The Labute approximate surface area is 140 Å². The zero-order valence-electron chi connectivity index (χ0n) is 13.9. The Morgan fingerprint density at radius 3 is 2.46 bits per heavy atom. The van der Waals surface area contributed by atoms with E-state index in [2.05, 4.69) is 0 Å². The van der Waals surface area contributed by atoms with E-state index < -0.39 is 24.0 Å². The van der Waals surface area contributed by atoms with E-state index in [1.807, 2.05) is 0 Å². The molecule has 0 bridgehead atoms. The number of hydrogen-bond donors (Lipinski definition) is 0. The van der Waals surface area contributed by atoms with E-state index in [0.29, 0.717) is 17.9 Å². The maximum atomic E-state index is 13.1. The van der Waals surface area contributed by atoms with Gasteiger partial charge in [0.05, 0.1) is 30.6 Å². The Balaban J connectivity index is 2.17. The van der Waals surface area contributed by atoms with Crippen LogP contribution in [0.4, 0.5) is 0 Å². The predicted octanol–water partition coefficient (Wildman–Crippen LogP) is 1.70. The van der Waals surface area contributed by atoms with Gasteiger partial charge in [-0.3, -0.25) is 14.4 Å². The van der Waals surface area contributed by atoms with E-state index in [-0.39, 0.29) is 29.3 Å². The van der Waals surface area contributed by atoms with Crippen molar-refractivity contribution in [3.8, 4) is 5.75 Å². The fourth-order valence-electron chi connectivity index (χ4n) is 3.86. The lowest BCUT2D eigenvalue weighted by molar-refractivity contribution is -0.144. The lowest BCUT2D eigenvalue weighted by atomic mass is 9.64. The van der Waals surface area contributed by atoms with E-state index >= 15 is 0 Å². The fraction of sp³-hybridized carbons (Fsp3) is 0.500. The van der Waals surface area contributed by atoms with Crippen molar-refractivity contribution in [1.82, 2.24) is 0 Å². The highest BCUT2D eigenvalue weighted by Crippen LogP contribution is 2.43. The molecule has 0 heterocycles. The van der Waals surface area contributed by atoms with E-state index in [0.717, 1.165) is 0 Å². The Morgan fingerprint density at radius 2 is 1.83 bits per heavy atom. The molecule has 0 saturated heterocycles. The van der Waals surface area contributed by atoms with E-state index in [1.165, 1.54) is 14.2 Å². The molecule has 128 valence electrons. The topological polar surface area (TPSA) is 78.9 Å². The van der Waals surface area contributed by atoms with Gasteiger partial charge in [-0.25, -0.2) is 0 Å². The molecule has 1 saturated carbocycles. The summed E-state index contributed by atoms with van der Waals surface area (Å²) < 4.78 is 16.2. The zero-order chi connectivity index (χ0) is 17.4. The van der Waals surface area contributed by atoms with Gasteiger partial charge in [-0.1, -0.05) is 12.1 Å². The second-order valence-electron chi connectivity index (χ2n) is 5.98. The summed E-state index contributed by atoms with van der Waals surface area (Å²) in [5.41, 5.74) is 0.563. The molecule has 0 radical (unpaired) electrons. The van der Waals surface area contributed by atoms with Crippen LogP contribution in [0.1, 0.15) is 34.1 Å². The molecule has 6 nitrogen and oxygen atoms in total. The first kappa shape index (κ1) is 16.8. The van der Waals surface area contributed by atoms with Crippen LogP contribution in [-0.2, 0) is 14.3 Å². The van der Waals surface area contributed by atoms with Crippen LogP contribution < -0.4 is 4.74 Å². The minimum Gasteiger partial charge on any atom is -0.496 e. The lowest BCUT2D eigenvalue weighted by Crippen LogP contribution is -2.56. The summed E-state index contributed by atoms with van der Waals surface area (Å²) in [6.45, 7) is 2.17. The monoisotopic (exact) mass is 332 g/mol. The number of ether oxygens (including phenoxy) is 3. The third-order valence-electron chi connectivity index (χ3n) is 4.83. The molecular formula is C18H20O6. The standard InChI is InChI=1S/C18H20O6/c1-4-24-12-8-10(19)18(23-3)15-14(12)16(20)9-6-5-7-11(22-2)13(9)17(15)21/h5-7,12,14-15,18H,4,8H2,1-3H3/t12-,14-,15+,18+/m0/s1. The van der Waals surface area contributed by atoms with Crippen LogP contribution in [0.15, 0.2) is 18.2 Å². The molecule has 4 atom stereocenters. The van der Waals surface area contributed by atoms with Gasteiger partial charge in [0.25, 0.3) is 0 Å². The number of Topliss-reactive ketones (excluding diaryl/α,β-unsaturated/α-hetero) is 3. The Kier molecular flexibility index (Phi) is 4.51. The number of methoxy groups -OCH3 is 2. The van der Waals surface area contributed by atoms with Gasteiger partial charge < -0.3 is 14.2 Å². The quantitative estimate of drug-likeness (QED) is 0.835. The first-order valence-electron chi connectivity index (χ1n) is 7.97. The highest BCUT2D eigenvalue weighted by atomic mass is 16.5. The van der Waals surface area contributed by atoms with E-state index in [1.54, 1.807) is 25.1 Å². The summed E-state index contributed by atoms with van der Waals surface area (Å²) >= 11 is 0. The normalized spacial score (nSPS) is 29.2. The lowest BCUT2D eigenvalue weighted by Gasteiger charge is -2.42. The molecular weight excluding hydrogens is 312 g/mol. The molecule has 6 heteroatoms. The number of benzene rings is 1. The van der Waals surface area contributed by atoms with Gasteiger partial charge in [-0.15, -0.1) is 0 Å². The summed E-state index contributed by atoms with van der Waals surface area (Å²) in [6.07, 6.45) is -1.46. The number of carbonyl (C=O) groups excluding carboxylic acids is 3. The summed E-state index contributed by atoms with van der Waals surface area (Å²) in [4.78, 5) is 38.6. The second-order valence-corrected chi connectivity index (χ2v) is 5.98. The van der Waals surface area contributed by atoms with Crippen LogP contribution in [-0.4, -0.2) is 50.4 Å². The average molecular weight is 332 g/mol. The third kappa shape index (κ3) is 2.37. The molecule has 24 heavy (non-hydrogen) atoms. The van der Waals surface area contributed by atoms with Crippen molar-refractivity contribution < 1.29 is 28.6 Å². The van der Waals surface area contributed by atoms with Crippen LogP contribution in [0.25, 0.3) is 0 Å². The highest BCUT2D eigenvalue weighted by molar-refractivity contribution is 6.19. The van der Waals surface area contributed by atoms with Gasteiger partial charge in [0.15, 0.2) is 17.3 Å². The van der Waals surface area contributed by atoms with Gasteiger partial charge >= 0.3 is 0 Å². The van der Waals surface area contributed by atoms with Crippen LogP contribution in [0.3, 0.4) is 0 Å². The smallest absolute Gasteiger partial charge is 0.174 e. The third-order valence-corrected chi connectivity index (χ3v) is 4.83. The first-order chi connectivity index (χ1) is 11.5. The molecule has 0 unspecified atom stereocenters. The average Bonchev–Trinajstić information content (AvgIpc) is 2.58. The largest absolute Gasteiger partial charge is 0.496 e. The summed E-state index contributed by atoms with van der Waals surface area (Å²) in [5.74, 6) is -1.94. The van der Waals surface area contributed by atoms with Crippen molar-refractivity contribution in [2.75, 3.05) is 20.8 Å². The highest BCUT2D eigenvalue weighted by Gasteiger charge is 2.55. The van der Waals surface area contributed by atoms with Crippen molar-refractivity contribution in [2.45, 2.75) is 25.6 Å². The molecule has 3 rings (SSSR count). The van der Waals surface area contributed by atoms with E-state index in [4.69, 9.17) is 14.2 Å². The van der Waals surface area contributed by atoms with Crippen LogP contribution >= 0.6 is 0 Å². The fourth-order valence-corrected chi connectivity index (χ4v) is 3.86. The van der Waals surface area contributed by atoms with Crippen LogP contribution in [0, 0.1) is 11.8 Å². The Hall–Kier alpha value is -2.05. The van der Waals surface area contributed by atoms with Crippen molar-refractivity contribution in [1.29, 1.82) is 0 Å². The van der Waals surface area contributed by atoms with Crippen molar-refractivity contribution in [3.63, 3.8) is 0 Å². The minimum atomic E-state index is -0.929. The van der Waals surface area contributed by atoms with Gasteiger partial charge in [-0.05, 0) is 13.0 Å². The van der Waals surface area contributed by atoms with Gasteiger partial charge in [0.2, 0.25) is 0 Å². The van der Waals surface area contributed by atoms with Crippen molar-refractivity contribution in [3.05, 3.63) is 29.3 Å². The molecule has 1 fully saturated rings. The van der Waals surface area contributed by atoms with Gasteiger partial charge in [0, 0.05) is 25.7 Å². The van der Waals surface area contributed by atoms with Crippen molar-refractivity contribution in [2.24, 2.45) is 11.8 Å². The summed E-state index contributed by atoms with van der Waals surface area (Å²) in [5, 5.41) is 0. The van der Waals surface area contributed by atoms with E-state index in [9.17, 15) is 14.4 Å². The number of rotatable bonds is 4. The molecule has 1 aromatic carbocycles. The summed E-state index contributed by atoms with van der Waals surface area (Å²) in [7, 11) is 2.83. The maximum absolute atomic E-state index is 13.1. The Morgan fingerprint density at radius 1 is 1.08 bits per heavy atom. The molecule has 0 aliphatic heterocycles. The molecule has 0 amide bonds. The molecule has 0 spiro atoms. The number of carbonyl (C=O) groups is 3. The molecule has 1 aromatic rings. The maximum Gasteiger partial charge on any atom is 0.174 e. The van der Waals surface area contributed by atoms with Crippen molar-refractivity contribution >= 4 is 17.3 Å². The first-order valence-corrected chi connectivity index (χ1v) is 7.97. The minimum absolute atomic E-state index is 0.0752. The molecule has 2 aliphatic rings. The predicted molar refractivity (Wildman–Crippen MR) is 84.5 cm³/mol. The number of fused-ring (bicyclic) bond motifs is 2. The van der Waals surface area contributed by atoms with Crippen LogP contribution in [0.2, 0.25) is 0 Å². The molecule has 0 N–H and O–H groups in total. The number of ketones is 3. The summed E-state index contributed by atoms with van der Waals surface area (Å²) in [6, 6.07) is 4.94. The Bertz CT molecular complexity index is 695. The SMILES string of the molecule is CCO[C@H]1CC(=O)[C@@H](OC)[C@H]2C(=O)c3c(OC)cccc3C(=O)[C@H]21. The zero-order valence-corrected chi connectivity index (χ0v) is 13.9.